The zero-order valence-electron chi connectivity index (χ0n) is 9.76. The fourth-order valence-corrected chi connectivity index (χ4v) is 1.47. The van der Waals surface area contributed by atoms with Gasteiger partial charge >= 0.3 is 0 Å². The molecule has 0 spiro atoms. The van der Waals surface area contributed by atoms with E-state index in [1.54, 1.807) is 6.07 Å². The van der Waals surface area contributed by atoms with Gasteiger partial charge in [0.15, 0.2) is 0 Å². The predicted molar refractivity (Wildman–Crippen MR) is 62.2 cm³/mol. The number of hydrogen-bond donors (Lipinski definition) is 1. The molecular formula is C13H20FN. The monoisotopic (exact) mass is 209 g/mol. The Balaban J connectivity index is 2.47. The molecule has 0 aliphatic rings. The lowest BCUT2D eigenvalue weighted by Crippen LogP contribution is -2.31. The van der Waals surface area contributed by atoms with Gasteiger partial charge in [-0.2, -0.15) is 0 Å². The normalized spacial score (nSPS) is 14.9. The van der Waals surface area contributed by atoms with Crippen LogP contribution in [-0.4, -0.2) is 6.04 Å². The molecule has 1 rings (SSSR count). The Hall–Kier alpha value is -0.890. The van der Waals surface area contributed by atoms with Gasteiger partial charge in [-0.05, 0) is 18.9 Å². The summed E-state index contributed by atoms with van der Waals surface area (Å²) < 4.78 is 13.3. The van der Waals surface area contributed by atoms with Gasteiger partial charge in [0.05, 0.1) is 0 Å². The molecule has 0 heterocycles. The van der Waals surface area contributed by atoms with Gasteiger partial charge in [0.25, 0.3) is 0 Å². The summed E-state index contributed by atoms with van der Waals surface area (Å²) in [6.45, 7) is 7.14. The van der Waals surface area contributed by atoms with Crippen LogP contribution in [0.15, 0.2) is 24.3 Å². The smallest absolute Gasteiger partial charge is 0.127 e. The molecule has 0 amide bonds. The molecule has 0 aromatic heterocycles. The number of hydrogen-bond acceptors (Lipinski definition) is 1. The minimum atomic E-state index is -0.124. The third-order valence-electron chi connectivity index (χ3n) is 3.07. The second-order valence-corrected chi connectivity index (χ2v) is 4.15. The zero-order valence-corrected chi connectivity index (χ0v) is 9.76. The lowest BCUT2D eigenvalue weighted by molar-refractivity contribution is 0.386. The first kappa shape index (κ1) is 12.2. The summed E-state index contributed by atoms with van der Waals surface area (Å²) in [7, 11) is 0. The van der Waals surface area contributed by atoms with E-state index in [0.717, 1.165) is 12.0 Å². The maximum atomic E-state index is 13.3. The fourth-order valence-electron chi connectivity index (χ4n) is 1.47. The van der Waals surface area contributed by atoms with Crippen molar-refractivity contribution in [1.82, 2.24) is 5.32 Å². The minimum Gasteiger partial charge on any atom is -0.310 e. The van der Waals surface area contributed by atoms with Crippen LogP contribution >= 0.6 is 0 Å². The van der Waals surface area contributed by atoms with Gasteiger partial charge in [-0.25, -0.2) is 4.39 Å². The van der Waals surface area contributed by atoms with E-state index >= 15 is 0 Å². The van der Waals surface area contributed by atoms with E-state index in [1.807, 2.05) is 12.1 Å². The summed E-state index contributed by atoms with van der Waals surface area (Å²) in [6, 6.07) is 7.34. The summed E-state index contributed by atoms with van der Waals surface area (Å²) in [5, 5.41) is 3.35. The molecule has 15 heavy (non-hydrogen) atoms. The van der Waals surface area contributed by atoms with Crippen LogP contribution in [0, 0.1) is 11.7 Å². The van der Waals surface area contributed by atoms with Crippen molar-refractivity contribution in [2.45, 2.75) is 39.8 Å². The maximum absolute atomic E-state index is 13.3. The average molecular weight is 209 g/mol. The van der Waals surface area contributed by atoms with Crippen LogP contribution in [0.1, 0.15) is 32.8 Å². The van der Waals surface area contributed by atoms with Gasteiger partial charge < -0.3 is 5.32 Å². The Kier molecular flexibility index (Phi) is 4.76. The van der Waals surface area contributed by atoms with E-state index in [-0.39, 0.29) is 5.82 Å². The fraction of sp³-hybridized carbons (Fsp3) is 0.538. The molecule has 1 aromatic carbocycles. The third-order valence-corrected chi connectivity index (χ3v) is 3.07. The van der Waals surface area contributed by atoms with E-state index in [9.17, 15) is 4.39 Å². The molecule has 0 fully saturated rings. The minimum absolute atomic E-state index is 0.124. The maximum Gasteiger partial charge on any atom is 0.127 e. The van der Waals surface area contributed by atoms with Crippen LogP contribution in [0.4, 0.5) is 4.39 Å². The predicted octanol–water partition coefficient (Wildman–Crippen LogP) is 3.35. The van der Waals surface area contributed by atoms with Crippen LogP contribution in [0.25, 0.3) is 0 Å². The molecule has 0 aliphatic heterocycles. The number of nitrogens with one attached hydrogen (secondary N) is 1. The van der Waals surface area contributed by atoms with Gasteiger partial charge in [0.1, 0.15) is 5.82 Å². The highest BCUT2D eigenvalue weighted by molar-refractivity contribution is 5.16. The molecule has 0 saturated heterocycles. The molecule has 0 bridgehead atoms. The molecule has 0 aliphatic carbocycles. The largest absolute Gasteiger partial charge is 0.310 e. The van der Waals surface area contributed by atoms with Gasteiger partial charge in [0.2, 0.25) is 0 Å². The first-order valence-electron chi connectivity index (χ1n) is 5.62. The van der Waals surface area contributed by atoms with Crippen LogP contribution < -0.4 is 5.32 Å². The molecular weight excluding hydrogens is 189 g/mol. The van der Waals surface area contributed by atoms with Crippen molar-refractivity contribution in [3.05, 3.63) is 35.6 Å². The summed E-state index contributed by atoms with van der Waals surface area (Å²) in [6.07, 6.45) is 1.14. The van der Waals surface area contributed by atoms with Crippen molar-refractivity contribution in [3.63, 3.8) is 0 Å². The first-order valence-corrected chi connectivity index (χ1v) is 5.62. The van der Waals surface area contributed by atoms with E-state index in [4.69, 9.17) is 0 Å². The highest BCUT2D eigenvalue weighted by Crippen LogP contribution is 2.10. The van der Waals surface area contributed by atoms with Gasteiger partial charge in [-0.15, -0.1) is 0 Å². The molecule has 0 saturated carbocycles. The van der Waals surface area contributed by atoms with E-state index < -0.39 is 0 Å². The third kappa shape index (κ3) is 3.63. The highest BCUT2D eigenvalue weighted by atomic mass is 19.1. The van der Waals surface area contributed by atoms with E-state index in [2.05, 4.69) is 26.1 Å². The van der Waals surface area contributed by atoms with Crippen molar-refractivity contribution in [3.8, 4) is 0 Å². The summed E-state index contributed by atoms with van der Waals surface area (Å²) in [5.41, 5.74) is 0.743. The SMILES string of the molecule is CC[C@H](C)[C@@H](C)NCc1ccccc1F. The van der Waals surface area contributed by atoms with Gasteiger partial charge in [-0.3, -0.25) is 0 Å². The second-order valence-electron chi connectivity index (χ2n) is 4.15. The Bertz CT molecular complexity index is 298. The molecule has 84 valence electrons. The van der Waals surface area contributed by atoms with Gasteiger partial charge in [0, 0.05) is 18.2 Å². The van der Waals surface area contributed by atoms with Crippen molar-refractivity contribution in [1.29, 1.82) is 0 Å². The van der Waals surface area contributed by atoms with Crippen LogP contribution in [0.3, 0.4) is 0 Å². The number of benzene rings is 1. The summed E-state index contributed by atoms with van der Waals surface area (Å²) in [5.74, 6) is 0.498. The van der Waals surface area contributed by atoms with Crippen LogP contribution in [0.5, 0.6) is 0 Å². The molecule has 0 radical (unpaired) electrons. The number of rotatable bonds is 5. The molecule has 1 nitrogen and oxygen atoms in total. The summed E-state index contributed by atoms with van der Waals surface area (Å²) >= 11 is 0. The highest BCUT2D eigenvalue weighted by Gasteiger charge is 2.09. The Morgan fingerprint density at radius 1 is 1.27 bits per heavy atom. The van der Waals surface area contributed by atoms with Crippen molar-refractivity contribution in [2.24, 2.45) is 5.92 Å². The molecule has 2 heteroatoms. The zero-order chi connectivity index (χ0) is 11.3. The van der Waals surface area contributed by atoms with Crippen molar-refractivity contribution < 1.29 is 4.39 Å². The number of halogens is 1. The van der Waals surface area contributed by atoms with Crippen LogP contribution in [-0.2, 0) is 6.54 Å². The van der Waals surface area contributed by atoms with E-state index in [1.165, 1.54) is 6.07 Å². The molecule has 1 aromatic rings. The average Bonchev–Trinajstić information content (AvgIpc) is 2.26. The van der Waals surface area contributed by atoms with Crippen molar-refractivity contribution >= 4 is 0 Å². The van der Waals surface area contributed by atoms with Crippen LogP contribution in [0.2, 0.25) is 0 Å². The van der Waals surface area contributed by atoms with E-state index in [0.29, 0.717) is 18.5 Å². The molecule has 0 unspecified atom stereocenters. The Morgan fingerprint density at radius 3 is 2.53 bits per heavy atom. The first-order chi connectivity index (χ1) is 7.15. The standard InChI is InChI=1S/C13H20FN/c1-4-10(2)11(3)15-9-12-7-5-6-8-13(12)14/h5-8,10-11,15H,4,9H2,1-3H3/t10-,11+/m0/s1. The topological polar surface area (TPSA) is 12.0 Å². The quantitative estimate of drug-likeness (QED) is 0.784. The second kappa shape index (κ2) is 5.86. The lowest BCUT2D eigenvalue weighted by atomic mass is 10.0. The molecule has 1 N–H and O–H groups in total. The lowest BCUT2D eigenvalue weighted by Gasteiger charge is -2.20. The van der Waals surface area contributed by atoms with Crippen molar-refractivity contribution in [2.75, 3.05) is 0 Å². The Morgan fingerprint density at radius 2 is 1.93 bits per heavy atom. The Labute approximate surface area is 91.7 Å². The molecule has 2 atom stereocenters. The van der Waals surface area contributed by atoms with Gasteiger partial charge in [-0.1, -0.05) is 38.5 Å². The summed E-state index contributed by atoms with van der Waals surface area (Å²) in [4.78, 5) is 0.